The molecule has 1 aromatic heterocycles. The molecule has 3 aromatic rings. The first-order valence-corrected chi connectivity index (χ1v) is 11.5. The predicted molar refractivity (Wildman–Crippen MR) is 123 cm³/mol. The molecule has 174 valence electrons. The van der Waals surface area contributed by atoms with Gasteiger partial charge in [-0.2, -0.15) is 5.26 Å². The van der Waals surface area contributed by atoms with Gasteiger partial charge in [0.2, 0.25) is 5.91 Å². The fraction of sp³-hybridized carbons (Fsp3) is 0.400. The second-order valence-electron chi connectivity index (χ2n) is 9.39. The Bertz CT molecular complexity index is 1290. The molecular weight excluding hydrogens is 432 g/mol. The van der Waals surface area contributed by atoms with Crippen LogP contribution in [-0.4, -0.2) is 56.7 Å². The molecule has 1 unspecified atom stereocenters. The summed E-state index contributed by atoms with van der Waals surface area (Å²) >= 11 is 0. The Morgan fingerprint density at radius 3 is 2.71 bits per heavy atom. The lowest BCUT2D eigenvalue weighted by atomic mass is 9.94. The van der Waals surface area contributed by atoms with Crippen molar-refractivity contribution in [2.75, 3.05) is 13.1 Å². The number of carbonyl (C=O) groups is 2. The molecule has 1 spiro atoms. The Balaban J connectivity index is 1.36. The molecule has 1 N–H and O–H groups in total. The van der Waals surface area contributed by atoms with Gasteiger partial charge in [0.05, 0.1) is 23.3 Å². The maximum Gasteiger partial charge on any atom is 0.253 e. The zero-order valence-corrected chi connectivity index (χ0v) is 19.2. The second-order valence-corrected chi connectivity index (χ2v) is 9.39. The molecule has 0 bridgehead atoms. The highest BCUT2D eigenvalue weighted by molar-refractivity contribution is 5.97. The summed E-state index contributed by atoms with van der Waals surface area (Å²) in [5.74, 6) is 0.140. The summed E-state index contributed by atoms with van der Waals surface area (Å²) in [5, 5.41) is 20.5. The van der Waals surface area contributed by atoms with E-state index in [0.717, 1.165) is 5.56 Å². The van der Waals surface area contributed by atoms with Crippen molar-refractivity contribution in [2.24, 2.45) is 5.92 Å². The molecule has 2 fully saturated rings. The molecule has 0 aliphatic carbocycles. The minimum atomic E-state index is -0.522. The van der Waals surface area contributed by atoms with E-state index in [0.29, 0.717) is 54.6 Å². The predicted octanol–water partition coefficient (Wildman–Crippen LogP) is 2.68. The van der Waals surface area contributed by atoms with Crippen LogP contribution in [0.25, 0.3) is 11.0 Å². The number of rotatable bonds is 4. The summed E-state index contributed by atoms with van der Waals surface area (Å²) in [5.41, 5.74) is 2.68. The van der Waals surface area contributed by atoms with E-state index in [9.17, 15) is 14.9 Å². The summed E-state index contributed by atoms with van der Waals surface area (Å²) < 4.78 is 4.73. The Kier molecular flexibility index (Phi) is 5.54. The highest BCUT2D eigenvalue weighted by Gasteiger charge is 2.52. The molecule has 2 aliphatic rings. The maximum atomic E-state index is 13.4. The molecule has 34 heavy (non-hydrogen) atoms. The monoisotopic (exact) mass is 458 g/mol. The fourth-order valence-electron chi connectivity index (χ4n) is 5.00. The lowest BCUT2D eigenvalue weighted by Gasteiger charge is -2.44. The summed E-state index contributed by atoms with van der Waals surface area (Å²) in [6.45, 7) is 5.54. The van der Waals surface area contributed by atoms with Crippen molar-refractivity contribution >= 4 is 22.8 Å². The van der Waals surface area contributed by atoms with E-state index in [1.165, 1.54) is 0 Å². The minimum Gasteiger partial charge on any atom is -0.338 e. The van der Waals surface area contributed by atoms with Gasteiger partial charge < -0.3 is 9.80 Å². The van der Waals surface area contributed by atoms with Gasteiger partial charge in [-0.05, 0) is 52.1 Å². The standard InChI is InChI=1S/C25H26N6O3/c1-16(2)22-24(33)31(15-18-5-3-4-17(12-18)14-26)25(27-22)8-10-30(11-9-25)23(32)19-6-7-20-21(13-19)29-34-28-20/h3-7,12-13,16,22,27H,8-11,15H2,1-2H3. The minimum absolute atomic E-state index is 0.0705. The first-order chi connectivity index (χ1) is 16.4. The van der Waals surface area contributed by atoms with Crippen LogP contribution in [0, 0.1) is 17.2 Å². The first kappa shape index (κ1) is 22.0. The number of nitrogens with one attached hydrogen (secondary N) is 1. The highest BCUT2D eigenvalue weighted by atomic mass is 16.6. The topological polar surface area (TPSA) is 115 Å². The van der Waals surface area contributed by atoms with Crippen LogP contribution in [0.2, 0.25) is 0 Å². The number of amides is 2. The molecule has 1 atom stereocenters. The normalized spacial score (nSPS) is 19.8. The van der Waals surface area contributed by atoms with Gasteiger partial charge in [0, 0.05) is 38.0 Å². The average molecular weight is 459 g/mol. The van der Waals surface area contributed by atoms with Crippen molar-refractivity contribution in [3.05, 3.63) is 59.2 Å². The van der Waals surface area contributed by atoms with Gasteiger partial charge in [0.1, 0.15) is 11.0 Å². The van der Waals surface area contributed by atoms with E-state index in [-0.39, 0.29) is 23.8 Å². The molecule has 0 saturated carbocycles. The van der Waals surface area contributed by atoms with Crippen LogP contribution in [0.3, 0.4) is 0 Å². The van der Waals surface area contributed by atoms with Crippen molar-refractivity contribution in [3.8, 4) is 6.07 Å². The van der Waals surface area contributed by atoms with E-state index >= 15 is 0 Å². The molecule has 3 heterocycles. The van der Waals surface area contributed by atoms with Crippen LogP contribution >= 0.6 is 0 Å². The highest BCUT2D eigenvalue weighted by Crippen LogP contribution is 2.36. The maximum absolute atomic E-state index is 13.4. The number of piperidine rings is 1. The Morgan fingerprint density at radius 2 is 1.97 bits per heavy atom. The molecule has 5 rings (SSSR count). The average Bonchev–Trinajstić information content (AvgIpc) is 3.42. The molecule has 2 aromatic carbocycles. The number of benzene rings is 2. The Labute approximate surface area is 197 Å². The molecule has 2 amide bonds. The number of nitriles is 1. The lowest BCUT2D eigenvalue weighted by Crippen LogP contribution is -2.59. The van der Waals surface area contributed by atoms with Crippen LogP contribution in [0.5, 0.6) is 0 Å². The second kappa shape index (κ2) is 8.54. The third-order valence-electron chi connectivity index (χ3n) is 6.91. The fourth-order valence-corrected chi connectivity index (χ4v) is 5.00. The van der Waals surface area contributed by atoms with E-state index in [2.05, 4.69) is 21.7 Å². The van der Waals surface area contributed by atoms with Crippen molar-refractivity contribution in [2.45, 2.75) is 44.9 Å². The van der Waals surface area contributed by atoms with Gasteiger partial charge in [-0.1, -0.05) is 26.0 Å². The quantitative estimate of drug-likeness (QED) is 0.639. The third-order valence-corrected chi connectivity index (χ3v) is 6.91. The number of nitrogens with zero attached hydrogens (tertiary/aromatic N) is 5. The summed E-state index contributed by atoms with van der Waals surface area (Å²) in [6, 6.07) is 14.4. The number of hydrogen-bond donors (Lipinski definition) is 1. The van der Waals surface area contributed by atoms with Gasteiger partial charge in [-0.25, -0.2) is 4.63 Å². The van der Waals surface area contributed by atoms with Crippen molar-refractivity contribution in [3.63, 3.8) is 0 Å². The van der Waals surface area contributed by atoms with Crippen LogP contribution in [0.1, 0.15) is 48.2 Å². The number of carbonyl (C=O) groups excluding carboxylic acids is 2. The number of fused-ring (bicyclic) bond motifs is 1. The Morgan fingerprint density at radius 1 is 1.21 bits per heavy atom. The SMILES string of the molecule is CC(C)C1NC2(CCN(C(=O)c3ccc4nonc4c3)CC2)N(Cc2cccc(C#N)c2)C1=O. The van der Waals surface area contributed by atoms with E-state index in [1.807, 2.05) is 41.8 Å². The smallest absolute Gasteiger partial charge is 0.253 e. The number of aromatic nitrogens is 2. The molecule has 0 radical (unpaired) electrons. The van der Waals surface area contributed by atoms with E-state index in [1.54, 1.807) is 24.3 Å². The summed E-state index contributed by atoms with van der Waals surface area (Å²) in [7, 11) is 0. The van der Waals surface area contributed by atoms with Crippen LogP contribution in [0.4, 0.5) is 0 Å². The third kappa shape index (κ3) is 3.80. The van der Waals surface area contributed by atoms with E-state index in [4.69, 9.17) is 4.63 Å². The summed E-state index contributed by atoms with van der Waals surface area (Å²) in [4.78, 5) is 30.3. The largest absolute Gasteiger partial charge is 0.338 e. The molecule has 2 saturated heterocycles. The van der Waals surface area contributed by atoms with E-state index < -0.39 is 5.66 Å². The zero-order valence-electron chi connectivity index (χ0n) is 19.2. The molecule has 2 aliphatic heterocycles. The van der Waals surface area contributed by atoms with Gasteiger partial charge in [0.25, 0.3) is 5.91 Å². The van der Waals surface area contributed by atoms with Crippen molar-refractivity contribution in [1.29, 1.82) is 5.26 Å². The van der Waals surface area contributed by atoms with Gasteiger partial charge in [0.15, 0.2) is 0 Å². The van der Waals surface area contributed by atoms with Gasteiger partial charge in [-0.3, -0.25) is 14.9 Å². The molecule has 9 heteroatoms. The van der Waals surface area contributed by atoms with Crippen molar-refractivity contribution < 1.29 is 14.2 Å². The first-order valence-electron chi connectivity index (χ1n) is 11.5. The van der Waals surface area contributed by atoms with Crippen LogP contribution in [-0.2, 0) is 11.3 Å². The van der Waals surface area contributed by atoms with Crippen LogP contribution < -0.4 is 5.32 Å². The lowest BCUT2D eigenvalue weighted by molar-refractivity contribution is -0.134. The number of hydrogen-bond acceptors (Lipinski definition) is 7. The summed E-state index contributed by atoms with van der Waals surface area (Å²) in [6.07, 6.45) is 1.25. The Hall–Kier alpha value is -3.77. The zero-order chi connectivity index (χ0) is 23.9. The van der Waals surface area contributed by atoms with Crippen molar-refractivity contribution in [1.82, 2.24) is 25.4 Å². The number of likely N-dealkylation sites (tertiary alicyclic amines) is 1. The van der Waals surface area contributed by atoms with Gasteiger partial charge in [-0.15, -0.1) is 0 Å². The molecular formula is C25H26N6O3. The molecule has 9 nitrogen and oxygen atoms in total. The van der Waals surface area contributed by atoms with Gasteiger partial charge >= 0.3 is 0 Å². The van der Waals surface area contributed by atoms with Crippen LogP contribution in [0.15, 0.2) is 47.1 Å².